The third-order valence-corrected chi connectivity index (χ3v) is 4.31. The van der Waals surface area contributed by atoms with E-state index in [1.54, 1.807) is 24.5 Å². The Morgan fingerprint density at radius 3 is 2.81 bits per heavy atom. The summed E-state index contributed by atoms with van der Waals surface area (Å²) in [6.07, 6.45) is 4.18. The molecule has 0 aliphatic carbocycles. The maximum atomic E-state index is 12.5. The fourth-order valence-electron chi connectivity index (χ4n) is 2.83. The molecular weight excluding hydrogens is 346 g/mol. The molecule has 3 heterocycles. The van der Waals surface area contributed by atoms with E-state index in [0.717, 1.165) is 23.3 Å². The molecule has 7 heteroatoms. The standard InChI is InChI=1S/C20H19N3O4/c1-13(14-5-6-17-19(10-14)26-9-3-8-25-17)22-20(24)16-11-18(27-23-16)15-4-2-7-21-12-15/h2,4-7,10-13H,3,8-9H2,1H3,(H,22,24)/t13-/m1/s1. The SMILES string of the molecule is C[C@@H](NC(=O)c1cc(-c2cccnc2)on1)c1ccc2c(c1)OCCCO2. The Morgan fingerprint density at radius 1 is 1.15 bits per heavy atom. The first-order chi connectivity index (χ1) is 13.2. The fourth-order valence-corrected chi connectivity index (χ4v) is 2.83. The van der Waals surface area contributed by atoms with Gasteiger partial charge >= 0.3 is 0 Å². The average Bonchev–Trinajstić information content (AvgIpc) is 3.08. The Bertz CT molecular complexity index is 939. The van der Waals surface area contributed by atoms with Crippen molar-refractivity contribution in [2.75, 3.05) is 13.2 Å². The van der Waals surface area contributed by atoms with E-state index < -0.39 is 0 Å². The van der Waals surface area contributed by atoms with E-state index in [0.29, 0.717) is 24.7 Å². The number of amides is 1. The summed E-state index contributed by atoms with van der Waals surface area (Å²) in [5, 5.41) is 6.79. The number of ether oxygens (including phenoxy) is 2. The van der Waals surface area contributed by atoms with E-state index in [4.69, 9.17) is 14.0 Å². The monoisotopic (exact) mass is 365 g/mol. The number of carbonyl (C=O) groups excluding carboxylic acids is 1. The van der Waals surface area contributed by atoms with Gasteiger partial charge in [-0.2, -0.15) is 0 Å². The molecule has 4 rings (SSSR count). The molecule has 1 amide bonds. The van der Waals surface area contributed by atoms with Gasteiger partial charge in [-0.1, -0.05) is 11.2 Å². The molecule has 0 saturated carbocycles. The Hall–Kier alpha value is -3.35. The van der Waals surface area contributed by atoms with Gasteiger partial charge in [-0.3, -0.25) is 9.78 Å². The second kappa shape index (κ2) is 7.49. The highest BCUT2D eigenvalue weighted by molar-refractivity contribution is 5.93. The number of carbonyl (C=O) groups is 1. The number of pyridine rings is 1. The van der Waals surface area contributed by atoms with Crippen molar-refractivity contribution >= 4 is 5.91 Å². The predicted molar refractivity (Wildman–Crippen MR) is 97.7 cm³/mol. The summed E-state index contributed by atoms with van der Waals surface area (Å²) in [6.45, 7) is 3.16. The lowest BCUT2D eigenvalue weighted by molar-refractivity contribution is 0.0930. The van der Waals surface area contributed by atoms with Crippen LogP contribution in [-0.4, -0.2) is 29.3 Å². The lowest BCUT2D eigenvalue weighted by Crippen LogP contribution is -2.26. The minimum atomic E-state index is -0.312. The Kier molecular flexibility index (Phi) is 4.74. The molecule has 138 valence electrons. The molecule has 0 spiro atoms. The quantitative estimate of drug-likeness (QED) is 0.763. The zero-order valence-corrected chi connectivity index (χ0v) is 14.8. The molecule has 0 saturated heterocycles. The van der Waals surface area contributed by atoms with E-state index in [-0.39, 0.29) is 17.6 Å². The van der Waals surface area contributed by atoms with Gasteiger partial charge in [0.25, 0.3) is 5.91 Å². The fraction of sp³-hybridized carbons (Fsp3) is 0.250. The van der Waals surface area contributed by atoms with Crippen LogP contribution in [0.15, 0.2) is 53.3 Å². The first kappa shape index (κ1) is 17.1. The van der Waals surface area contributed by atoms with E-state index in [1.807, 2.05) is 31.2 Å². The molecule has 1 aromatic carbocycles. The summed E-state index contributed by atoms with van der Waals surface area (Å²) >= 11 is 0. The van der Waals surface area contributed by atoms with Gasteiger partial charge in [0.1, 0.15) is 0 Å². The summed E-state index contributed by atoms with van der Waals surface area (Å²) in [4.78, 5) is 16.5. The number of hydrogen-bond donors (Lipinski definition) is 1. The minimum Gasteiger partial charge on any atom is -0.490 e. The molecular formula is C20H19N3O4. The molecule has 1 aliphatic heterocycles. The van der Waals surface area contributed by atoms with Crippen molar-refractivity contribution in [1.82, 2.24) is 15.5 Å². The average molecular weight is 365 g/mol. The van der Waals surface area contributed by atoms with Crippen LogP contribution in [-0.2, 0) is 0 Å². The van der Waals surface area contributed by atoms with Gasteiger partial charge in [-0.05, 0) is 36.8 Å². The van der Waals surface area contributed by atoms with Crippen molar-refractivity contribution in [3.8, 4) is 22.8 Å². The highest BCUT2D eigenvalue weighted by atomic mass is 16.5. The second-order valence-electron chi connectivity index (χ2n) is 6.27. The van der Waals surface area contributed by atoms with E-state index in [1.165, 1.54) is 0 Å². The zero-order chi connectivity index (χ0) is 18.6. The van der Waals surface area contributed by atoms with Crippen LogP contribution in [0.25, 0.3) is 11.3 Å². The van der Waals surface area contributed by atoms with Gasteiger partial charge in [0, 0.05) is 30.4 Å². The molecule has 7 nitrogen and oxygen atoms in total. The Balaban J connectivity index is 1.47. The molecule has 27 heavy (non-hydrogen) atoms. The zero-order valence-electron chi connectivity index (χ0n) is 14.8. The number of hydrogen-bond acceptors (Lipinski definition) is 6. The maximum Gasteiger partial charge on any atom is 0.273 e. The number of nitrogens with one attached hydrogen (secondary N) is 1. The smallest absolute Gasteiger partial charge is 0.273 e. The molecule has 1 N–H and O–H groups in total. The number of fused-ring (bicyclic) bond motifs is 1. The van der Waals surface area contributed by atoms with Gasteiger partial charge in [-0.25, -0.2) is 0 Å². The van der Waals surface area contributed by atoms with Gasteiger partial charge < -0.3 is 19.3 Å². The summed E-state index contributed by atoms with van der Waals surface area (Å²) < 4.78 is 16.6. The largest absolute Gasteiger partial charge is 0.490 e. The number of aromatic nitrogens is 2. The summed E-state index contributed by atoms with van der Waals surface area (Å²) in [6, 6.07) is 10.7. The lowest BCUT2D eigenvalue weighted by Gasteiger charge is -2.15. The van der Waals surface area contributed by atoms with E-state index >= 15 is 0 Å². The van der Waals surface area contributed by atoms with E-state index in [2.05, 4.69) is 15.5 Å². The van der Waals surface area contributed by atoms with Crippen LogP contribution in [0.3, 0.4) is 0 Å². The summed E-state index contributed by atoms with van der Waals surface area (Å²) in [5.74, 6) is 1.61. The van der Waals surface area contributed by atoms with Gasteiger partial charge in [0.05, 0.1) is 19.3 Å². The number of nitrogens with zero attached hydrogens (tertiary/aromatic N) is 2. The molecule has 1 atom stereocenters. The van der Waals surface area contributed by atoms with Gasteiger partial charge in [0.15, 0.2) is 23.0 Å². The van der Waals surface area contributed by atoms with Crippen LogP contribution in [0, 0.1) is 0 Å². The van der Waals surface area contributed by atoms with Crippen LogP contribution in [0.1, 0.15) is 35.4 Å². The van der Waals surface area contributed by atoms with Crippen molar-refractivity contribution < 1.29 is 18.8 Å². The van der Waals surface area contributed by atoms with Crippen LogP contribution in [0.5, 0.6) is 11.5 Å². The maximum absolute atomic E-state index is 12.5. The van der Waals surface area contributed by atoms with Crippen molar-refractivity contribution in [3.63, 3.8) is 0 Å². The molecule has 0 bridgehead atoms. The summed E-state index contributed by atoms with van der Waals surface area (Å²) in [7, 11) is 0. The van der Waals surface area contributed by atoms with Crippen LogP contribution in [0.4, 0.5) is 0 Å². The number of rotatable bonds is 4. The molecule has 0 radical (unpaired) electrons. The Morgan fingerprint density at radius 2 is 2.00 bits per heavy atom. The topological polar surface area (TPSA) is 86.5 Å². The Labute approximate surface area is 156 Å². The van der Waals surface area contributed by atoms with Crippen molar-refractivity contribution in [2.45, 2.75) is 19.4 Å². The molecule has 0 unspecified atom stereocenters. The molecule has 1 aliphatic rings. The normalized spacial score (nSPS) is 14.3. The van der Waals surface area contributed by atoms with Crippen LogP contribution in [0.2, 0.25) is 0 Å². The third-order valence-electron chi connectivity index (χ3n) is 4.31. The van der Waals surface area contributed by atoms with E-state index in [9.17, 15) is 4.79 Å². The molecule has 2 aromatic heterocycles. The molecule has 3 aromatic rings. The minimum absolute atomic E-state index is 0.218. The lowest BCUT2D eigenvalue weighted by atomic mass is 10.1. The highest BCUT2D eigenvalue weighted by Crippen LogP contribution is 2.32. The van der Waals surface area contributed by atoms with Gasteiger partial charge in [-0.15, -0.1) is 0 Å². The third kappa shape index (κ3) is 3.76. The van der Waals surface area contributed by atoms with Crippen molar-refractivity contribution in [1.29, 1.82) is 0 Å². The first-order valence-corrected chi connectivity index (χ1v) is 8.78. The first-order valence-electron chi connectivity index (χ1n) is 8.78. The highest BCUT2D eigenvalue weighted by Gasteiger charge is 2.18. The van der Waals surface area contributed by atoms with Crippen LogP contribution >= 0.6 is 0 Å². The predicted octanol–water partition coefficient (Wildman–Crippen LogP) is 3.39. The van der Waals surface area contributed by atoms with Gasteiger partial charge in [0.2, 0.25) is 0 Å². The number of benzene rings is 1. The summed E-state index contributed by atoms with van der Waals surface area (Å²) in [5.41, 5.74) is 1.90. The second-order valence-corrected chi connectivity index (χ2v) is 6.27. The van der Waals surface area contributed by atoms with Crippen LogP contribution < -0.4 is 14.8 Å². The van der Waals surface area contributed by atoms with Crippen molar-refractivity contribution in [3.05, 3.63) is 60.0 Å². The molecule has 0 fully saturated rings. The van der Waals surface area contributed by atoms with Crippen molar-refractivity contribution in [2.24, 2.45) is 0 Å².